The highest BCUT2D eigenvalue weighted by Crippen LogP contribution is 2.25. The van der Waals surface area contributed by atoms with E-state index < -0.39 is 11.8 Å². The predicted molar refractivity (Wildman–Crippen MR) is 105 cm³/mol. The van der Waals surface area contributed by atoms with Crippen LogP contribution in [0.4, 0.5) is 10.1 Å². The molecule has 1 aromatic rings. The van der Waals surface area contributed by atoms with Crippen molar-refractivity contribution < 1.29 is 23.5 Å². The van der Waals surface area contributed by atoms with Crippen molar-refractivity contribution in [3.8, 4) is 0 Å². The van der Waals surface area contributed by atoms with E-state index in [0.29, 0.717) is 24.7 Å². The predicted octanol–water partition coefficient (Wildman–Crippen LogP) is 1.27. The molecule has 0 radical (unpaired) electrons. The van der Waals surface area contributed by atoms with Gasteiger partial charge in [-0.25, -0.2) is 4.39 Å². The van der Waals surface area contributed by atoms with Crippen LogP contribution in [0, 0.1) is 17.1 Å². The largest absolute Gasteiger partial charge is 0.460 e. The third-order valence-electron chi connectivity index (χ3n) is 5.26. The van der Waals surface area contributed by atoms with Gasteiger partial charge in [0.25, 0.3) is 0 Å². The summed E-state index contributed by atoms with van der Waals surface area (Å²) in [6.07, 6.45) is 1.60. The van der Waals surface area contributed by atoms with E-state index in [1.807, 2.05) is 4.90 Å². The molecular weight excluding hydrogens is 379 g/mol. The Hall–Kier alpha value is -2.68. The molecule has 3 rings (SSSR count). The van der Waals surface area contributed by atoms with Crippen molar-refractivity contribution in [2.75, 3.05) is 44.3 Å². The first-order valence-corrected chi connectivity index (χ1v) is 9.80. The van der Waals surface area contributed by atoms with Crippen LogP contribution in [0.5, 0.6) is 0 Å². The number of benzene rings is 1. The van der Waals surface area contributed by atoms with Crippen LogP contribution in [0.1, 0.15) is 24.8 Å². The summed E-state index contributed by atoms with van der Waals surface area (Å²) < 4.78 is 25.3. The summed E-state index contributed by atoms with van der Waals surface area (Å²) in [5.41, 5.74) is 5.70. The van der Waals surface area contributed by atoms with Crippen molar-refractivity contribution in [2.45, 2.75) is 25.9 Å². The van der Waals surface area contributed by atoms with Gasteiger partial charge in [-0.1, -0.05) is 12.1 Å². The van der Waals surface area contributed by atoms with Crippen molar-refractivity contribution in [1.29, 1.82) is 5.41 Å². The van der Waals surface area contributed by atoms with E-state index in [2.05, 4.69) is 0 Å². The van der Waals surface area contributed by atoms with Crippen LogP contribution in [0.3, 0.4) is 0 Å². The number of anilines is 1. The zero-order chi connectivity index (χ0) is 20.8. The summed E-state index contributed by atoms with van der Waals surface area (Å²) in [4.78, 5) is 27.7. The molecular formula is C20H27FN4O4. The van der Waals surface area contributed by atoms with E-state index in [0.717, 1.165) is 32.6 Å². The van der Waals surface area contributed by atoms with Crippen LogP contribution in [0.2, 0.25) is 0 Å². The number of amides is 1. The Kier molecular flexibility index (Phi) is 7.03. The molecule has 2 heterocycles. The first-order valence-electron chi connectivity index (χ1n) is 9.80. The summed E-state index contributed by atoms with van der Waals surface area (Å²) in [5.74, 6) is -1.04. The molecule has 1 aromatic carbocycles. The normalized spacial score (nSPS) is 18.0. The third kappa shape index (κ3) is 5.66. The second kappa shape index (κ2) is 9.69. The molecule has 3 N–H and O–H groups in total. The van der Waals surface area contributed by atoms with E-state index in [-0.39, 0.29) is 36.9 Å². The molecule has 2 aliphatic rings. The van der Waals surface area contributed by atoms with Gasteiger partial charge in [-0.15, -0.1) is 0 Å². The van der Waals surface area contributed by atoms with Gasteiger partial charge in [-0.3, -0.25) is 15.0 Å². The number of carbonyl (C=O) groups excluding carboxylic acids is 2. The summed E-state index contributed by atoms with van der Waals surface area (Å²) in [6, 6.07) is 4.83. The number of ether oxygens (including phenoxy) is 2. The van der Waals surface area contributed by atoms with Gasteiger partial charge in [-0.2, -0.15) is 0 Å². The minimum atomic E-state index is -0.681. The quantitative estimate of drug-likeness (QED) is 0.401. The van der Waals surface area contributed by atoms with Crippen molar-refractivity contribution in [1.82, 2.24) is 4.90 Å². The Morgan fingerprint density at radius 3 is 2.76 bits per heavy atom. The molecule has 29 heavy (non-hydrogen) atoms. The molecule has 0 bridgehead atoms. The number of hydrogen-bond donors (Lipinski definition) is 2. The van der Waals surface area contributed by atoms with Crippen molar-refractivity contribution in [3.05, 3.63) is 29.6 Å². The summed E-state index contributed by atoms with van der Waals surface area (Å²) in [5, 5.41) is 7.09. The Balaban J connectivity index is 1.59. The zero-order valence-electron chi connectivity index (χ0n) is 16.4. The minimum Gasteiger partial charge on any atom is -0.460 e. The van der Waals surface area contributed by atoms with E-state index in [1.165, 1.54) is 6.07 Å². The number of nitrogens with zero attached hydrogens (tertiary/aromatic N) is 2. The lowest BCUT2D eigenvalue weighted by Gasteiger charge is -2.38. The fraction of sp³-hybridized carbons (Fsp3) is 0.550. The fourth-order valence-corrected chi connectivity index (χ4v) is 3.63. The molecule has 2 aliphatic heterocycles. The molecule has 0 saturated carbocycles. The average Bonchev–Trinajstić information content (AvgIpc) is 2.69. The van der Waals surface area contributed by atoms with Crippen LogP contribution < -0.4 is 10.6 Å². The highest BCUT2D eigenvalue weighted by molar-refractivity contribution is 5.94. The van der Waals surface area contributed by atoms with Gasteiger partial charge in [0.1, 0.15) is 18.9 Å². The second-order valence-electron chi connectivity index (χ2n) is 7.43. The lowest BCUT2D eigenvalue weighted by molar-refractivity contribution is -0.143. The van der Waals surface area contributed by atoms with Gasteiger partial charge in [0.2, 0.25) is 5.91 Å². The molecule has 0 aliphatic carbocycles. The molecule has 0 unspecified atom stereocenters. The number of nitrogens with one attached hydrogen (secondary N) is 1. The van der Waals surface area contributed by atoms with Crippen molar-refractivity contribution in [3.63, 3.8) is 0 Å². The van der Waals surface area contributed by atoms with E-state index >= 15 is 0 Å². The Morgan fingerprint density at radius 2 is 2.07 bits per heavy atom. The molecule has 8 nitrogen and oxygen atoms in total. The smallest absolute Gasteiger partial charge is 0.313 e. The fourth-order valence-electron chi connectivity index (χ4n) is 3.63. The molecule has 0 spiro atoms. The number of carbonyl (C=O) groups is 2. The maximum absolute atomic E-state index is 14.9. The van der Waals surface area contributed by atoms with Crippen LogP contribution in [0.25, 0.3) is 0 Å². The second-order valence-corrected chi connectivity index (χ2v) is 7.43. The third-order valence-corrected chi connectivity index (χ3v) is 5.26. The van der Waals surface area contributed by atoms with Crippen LogP contribution in [0.15, 0.2) is 18.2 Å². The van der Waals surface area contributed by atoms with Gasteiger partial charge in [-0.05, 0) is 24.8 Å². The van der Waals surface area contributed by atoms with E-state index in [4.69, 9.17) is 20.6 Å². The van der Waals surface area contributed by atoms with Gasteiger partial charge < -0.3 is 25.0 Å². The Morgan fingerprint density at radius 1 is 1.31 bits per heavy atom. The maximum atomic E-state index is 14.9. The molecule has 2 saturated heterocycles. The van der Waals surface area contributed by atoms with Gasteiger partial charge in [0.15, 0.2) is 5.82 Å². The molecule has 9 heteroatoms. The number of halogens is 1. The molecule has 158 valence electrons. The monoisotopic (exact) mass is 406 g/mol. The summed E-state index contributed by atoms with van der Waals surface area (Å²) in [7, 11) is 0. The standard InChI is InChI=1S/C20H27FN4O4/c21-20-15(13-29-19(27)10-17(22)23)2-1-3-16(20)24-6-7-25(18(26)12-24)11-14-4-8-28-9-5-14/h1-3,14H,4-13H2,(H3,22,23). The Bertz CT molecular complexity index is 767. The Labute approximate surface area is 169 Å². The molecule has 0 aromatic heterocycles. The lowest BCUT2D eigenvalue weighted by Crippen LogP contribution is -2.52. The number of piperazine rings is 1. The molecule has 1 amide bonds. The number of esters is 1. The van der Waals surface area contributed by atoms with Gasteiger partial charge in [0.05, 0.1) is 12.2 Å². The highest BCUT2D eigenvalue weighted by atomic mass is 19.1. The van der Waals surface area contributed by atoms with Crippen LogP contribution in [-0.4, -0.2) is 62.0 Å². The summed E-state index contributed by atoms with van der Waals surface area (Å²) >= 11 is 0. The number of hydrogen-bond acceptors (Lipinski definition) is 6. The number of nitrogens with two attached hydrogens (primary N) is 1. The minimum absolute atomic E-state index is 0.0135. The maximum Gasteiger partial charge on any atom is 0.313 e. The SMILES string of the molecule is N=C(N)CC(=O)OCc1cccc(N2CCN(CC3CCOCC3)C(=O)C2)c1F. The topological polar surface area (TPSA) is 109 Å². The number of amidine groups is 1. The van der Waals surface area contributed by atoms with Crippen molar-refractivity contribution in [2.24, 2.45) is 11.7 Å². The van der Waals surface area contributed by atoms with Gasteiger partial charge in [0, 0.05) is 38.4 Å². The van der Waals surface area contributed by atoms with E-state index in [9.17, 15) is 14.0 Å². The first kappa shape index (κ1) is 21.0. The van der Waals surface area contributed by atoms with Crippen molar-refractivity contribution >= 4 is 23.4 Å². The van der Waals surface area contributed by atoms with E-state index in [1.54, 1.807) is 17.0 Å². The number of rotatable bonds is 7. The molecule has 0 atom stereocenters. The molecule has 2 fully saturated rings. The highest BCUT2D eigenvalue weighted by Gasteiger charge is 2.28. The van der Waals surface area contributed by atoms with Crippen LogP contribution in [-0.2, 0) is 25.7 Å². The van der Waals surface area contributed by atoms with Crippen LogP contribution >= 0.6 is 0 Å². The lowest BCUT2D eigenvalue weighted by atomic mass is 9.99. The zero-order valence-corrected chi connectivity index (χ0v) is 16.4. The average molecular weight is 406 g/mol. The summed E-state index contributed by atoms with van der Waals surface area (Å²) in [6.45, 7) is 3.18. The van der Waals surface area contributed by atoms with Gasteiger partial charge >= 0.3 is 5.97 Å². The first-order chi connectivity index (χ1) is 13.9.